The largest absolute Gasteiger partial charge is 0.228 e. The molecule has 0 N–H and O–H groups in total. The van der Waals surface area contributed by atoms with Crippen molar-refractivity contribution >= 4 is 9.84 Å². The molecule has 0 spiro atoms. The van der Waals surface area contributed by atoms with Gasteiger partial charge in [-0.3, -0.25) is 0 Å². The van der Waals surface area contributed by atoms with Crippen LogP contribution >= 0.6 is 0 Å². The van der Waals surface area contributed by atoms with Gasteiger partial charge in [-0.05, 0) is 43.4 Å². The van der Waals surface area contributed by atoms with Crippen LogP contribution < -0.4 is 0 Å². The standard InChI is InChI=1S/C10H16O2S/c1-6-7-3-9-8(6)5-13(11,12)10(9,2)4-7/h6-9H,3-5H2,1-2H3. The monoisotopic (exact) mass is 200 g/mol. The highest BCUT2D eigenvalue weighted by Crippen LogP contribution is 2.64. The zero-order valence-corrected chi connectivity index (χ0v) is 8.97. The molecule has 2 bridgehead atoms. The van der Waals surface area contributed by atoms with Crippen LogP contribution in [-0.2, 0) is 9.84 Å². The highest BCUT2D eigenvalue weighted by molar-refractivity contribution is 7.93. The van der Waals surface area contributed by atoms with Gasteiger partial charge in [-0.1, -0.05) is 6.92 Å². The van der Waals surface area contributed by atoms with Crippen LogP contribution in [0, 0.1) is 23.7 Å². The normalized spacial score (nSPS) is 61.7. The summed E-state index contributed by atoms with van der Waals surface area (Å²) in [6.45, 7) is 4.23. The van der Waals surface area contributed by atoms with E-state index in [1.54, 1.807) is 0 Å². The van der Waals surface area contributed by atoms with Crippen molar-refractivity contribution < 1.29 is 8.42 Å². The van der Waals surface area contributed by atoms with Crippen LogP contribution in [0.4, 0.5) is 0 Å². The summed E-state index contributed by atoms with van der Waals surface area (Å²) in [6.07, 6.45) is 2.12. The molecule has 74 valence electrons. The van der Waals surface area contributed by atoms with Gasteiger partial charge in [0.25, 0.3) is 0 Å². The molecule has 1 aliphatic heterocycles. The van der Waals surface area contributed by atoms with E-state index in [0.29, 0.717) is 29.4 Å². The van der Waals surface area contributed by atoms with Crippen LogP contribution in [-0.4, -0.2) is 18.9 Å². The first-order chi connectivity index (χ1) is 5.96. The Labute approximate surface area is 79.6 Å². The lowest BCUT2D eigenvalue weighted by molar-refractivity contribution is 0.244. The Kier molecular flexibility index (Phi) is 1.26. The van der Waals surface area contributed by atoms with Gasteiger partial charge in [-0.25, -0.2) is 8.42 Å². The van der Waals surface area contributed by atoms with Crippen LogP contribution in [0.3, 0.4) is 0 Å². The van der Waals surface area contributed by atoms with Crippen molar-refractivity contribution in [3.8, 4) is 0 Å². The summed E-state index contributed by atoms with van der Waals surface area (Å²) in [7, 11) is -2.76. The zero-order valence-electron chi connectivity index (χ0n) is 8.16. The van der Waals surface area contributed by atoms with E-state index in [4.69, 9.17) is 0 Å². The average Bonchev–Trinajstić information content (AvgIpc) is 2.53. The topological polar surface area (TPSA) is 34.1 Å². The van der Waals surface area contributed by atoms with E-state index in [1.165, 1.54) is 6.42 Å². The molecule has 5 atom stereocenters. The maximum Gasteiger partial charge on any atom is 0.156 e. The Bertz CT molecular complexity index is 359. The Balaban J connectivity index is 2.18. The van der Waals surface area contributed by atoms with E-state index in [0.717, 1.165) is 6.42 Å². The van der Waals surface area contributed by atoms with Crippen molar-refractivity contribution in [1.82, 2.24) is 0 Å². The van der Waals surface area contributed by atoms with Gasteiger partial charge >= 0.3 is 0 Å². The van der Waals surface area contributed by atoms with Gasteiger partial charge in [0.05, 0.1) is 10.5 Å². The molecular weight excluding hydrogens is 184 g/mol. The lowest BCUT2D eigenvalue weighted by Crippen LogP contribution is -2.36. The first-order valence-corrected chi connectivity index (χ1v) is 6.83. The molecule has 0 radical (unpaired) electrons. The van der Waals surface area contributed by atoms with Gasteiger partial charge in [0, 0.05) is 0 Å². The molecule has 1 saturated heterocycles. The molecule has 2 aliphatic carbocycles. The fraction of sp³-hybridized carbons (Fsp3) is 1.00. The average molecular weight is 200 g/mol. The molecule has 0 amide bonds. The van der Waals surface area contributed by atoms with Crippen LogP contribution in [0.25, 0.3) is 0 Å². The molecule has 1 heterocycles. The summed E-state index contributed by atoms with van der Waals surface area (Å²) in [5, 5.41) is 0. The second kappa shape index (κ2) is 1.97. The lowest BCUT2D eigenvalue weighted by Gasteiger charge is -2.30. The van der Waals surface area contributed by atoms with Crippen LogP contribution in [0.2, 0.25) is 0 Å². The van der Waals surface area contributed by atoms with E-state index in [2.05, 4.69) is 6.92 Å². The van der Waals surface area contributed by atoms with Gasteiger partial charge in [-0.15, -0.1) is 0 Å². The first kappa shape index (κ1) is 8.27. The molecule has 3 heteroatoms. The third kappa shape index (κ3) is 0.706. The Morgan fingerprint density at radius 1 is 1.38 bits per heavy atom. The van der Waals surface area contributed by atoms with Gasteiger partial charge in [0.1, 0.15) is 0 Å². The van der Waals surface area contributed by atoms with Crippen molar-refractivity contribution in [2.24, 2.45) is 23.7 Å². The molecule has 13 heavy (non-hydrogen) atoms. The predicted octanol–water partition coefficient (Wildman–Crippen LogP) is 1.47. The highest BCUT2D eigenvalue weighted by atomic mass is 32.2. The summed E-state index contributed by atoms with van der Waals surface area (Å²) in [6, 6.07) is 0. The fourth-order valence-corrected chi connectivity index (χ4v) is 6.77. The van der Waals surface area contributed by atoms with Crippen molar-refractivity contribution in [3.05, 3.63) is 0 Å². The molecule has 5 unspecified atom stereocenters. The molecule has 2 nitrogen and oxygen atoms in total. The SMILES string of the molecule is CC1C2CC3C1CS(=O)(=O)C3(C)C2. The third-order valence-corrected chi connectivity index (χ3v) is 7.78. The van der Waals surface area contributed by atoms with E-state index in [-0.39, 0.29) is 4.75 Å². The lowest BCUT2D eigenvalue weighted by atomic mass is 9.76. The van der Waals surface area contributed by atoms with E-state index >= 15 is 0 Å². The molecular formula is C10H16O2S. The van der Waals surface area contributed by atoms with Crippen molar-refractivity contribution in [2.75, 3.05) is 5.75 Å². The Morgan fingerprint density at radius 3 is 2.62 bits per heavy atom. The van der Waals surface area contributed by atoms with E-state index < -0.39 is 9.84 Å². The molecule has 0 aromatic heterocycles. The van der Waals surface area contributed by atoms with Crippen molar-refractivity contribution in [2.45, 2.75) is 31.4 Å². The molecule has 3 fully saturated rings. The number of sulfone groups is 1. The molecule has 3 rings (SSSR count). The van der Waals surface area contributed by atoms with Crippen molar-refractivity contribution in [3.63, 3.8) is 0 Å². The fourth-order valence-electron chi connectivity index (χ4n) is 4.14. The molecule has 3 aliphatic rings. The van der Waals surface area contributed by atoms with E-state index in [9.17, 15) is 8.42 Å². The quantitative estimate of drug-likeness (QED) is 0.593. The summed E-state index contributed by atoms with van der Waals surface area (Å²) < 4.78 is 23.6. The summed E-state index contributed by atoms with van der Waals surface area (Å²) in [5.74, 6) is 2.84. The third-order valence-electron chi connectivity index (χ3n) is 5.07. The van der Waals surface area contributed by atoms with Gasteiger partial charge in [0.2, 0.25) is 0 Å². The number of hydrogen-bond acceptors (Lipinski definition) is 2. The molecule has 0 aromatic rings. The predicted molar refractivity (Wildman–Crippen MR) is 51.1 cm³/mol. The van der Waals surface area contributed by atoms with Crippen molar-refractivity contribution in [1.29, 1.82) is 0 Å². The molecule has 2 saturated carbocycles. The van der Waals surface area contributed by atoms with Gasteiger partial charge < -0.3 is 0 Å². The Morgan fingerprint density at radius 2 is 2.08 bits per heavy atom. The minimum absolute atomic E-state index is 0.325. The summed E-state index contributed by atoms with van der Waals surface area (Å²) in [5.41, 5.74) is 0. The molecule has 0 aromatic carbocycles. The maximum absolute atomic E-state index is 11.9. The Hall–Kier alpha value is -0.0500. The van der Waals surface area contributed by atoms with Crippen LogP contribution in [0.15, 0.2) is 0 Å². The van der Waals surface area contributed by atoms with E-state index in [1.807, 2.05) is 6.92 Å². The second-order valence-corrected chi connectivity index (χ2v) is 7.92. The maximum atomic E-state index is 11.9. The van der Waals surface area contributed by atoms with Gasteiger partial charge in [-0.2, -0.15) is 0 Å². The summed E-state index contributed by atoms with van der Waals surface area (Å²) >= 11 is 0. The van der Waals surface area contributed by atoms with Crippen LogP contribution in [0.1, 0.15) is 26.7 Å². The number of fused-ring (bicyclic) bond motifs is 1. The van der Waals surface area contributed by atoms with Gasteiger partial charge in [0.15, 0.2) is 9.84 Å². The first-order valence-electron chi connectivity index (χ1n) is 5.18. The summed E-state index contributed by atoms with van der Waals surface area (Å²) in [4.78, 5) is 0. The number of hydrogen-bond donors (Lipinski definition) is 0. The zero-order chi connectivity index (χ0) is 9.43. The minimum atomic E-state index is -2.76. The minimum Gasteiger partial charge on any atom is -0.228 e. The van der Waals surface area contributed by atoms with Crippen LogP contribution in [0.5, 0.6) is 0 Å². The number of rotatable bonds is 0. The second-order valence-electron chi connectivity index (χ2n) is 5.42. The highest BCUT2D eigenvalue weighted by Gasteiger charge is 2.67. The smallest absolute Gasteiger partial charge is 0.156 e.